The molecule has 1 aromatic heterocycles. The van der Waals surface area contributed by atoms with Gasteiger partial charge < -0.3 is 14.5 Å². The van der Waals surface area contributed by atoms with Crippen LogP contribution in [0, 0.1) is 0 Å². The van der Waals surface area contributed by atoms with Crippen LogP contribution in [-0.2, 0) is 20.9 Å². The van der Waals surface area contributed by atoms with Crippen LogP contribution in [0.25, 0.3) is 0 Å². The number of anilines is 2. The molecule has 4 heterocycles. The highest BCUT2D eigenvalue weighted by atomic mass is 32.2. The van der Waals surface area contributed by atoms with E-state index in [2.05, 4.69) is 20.0 Å². The van der Waals surface area contributed by atoms with Crippen molar-refractivity contribution in [2.45, 2.75) is 30.0 Å². The van der Waals surface area contributed by atoms with Gasteiger partial charge in [-0.3, -0.25) is 4.90 Å². The van der Waals surface area contributed by atoms with Gasteiger partial charge in [0.05, 0.1) is 16.6 Å². The molecule has 2 aromatic rings. The number of hydrogen-bond acceptors (Lipinski definition) is 8. The SMILES string of the molecule is O=S(=O)(c1cccc(C(F)(F)F)c1)N1CCN(c2ccc(N3CCN(CC4CCCO4)CC3)nn2)CC1. The first-order valence-electron chi connectivity index (χ1n) is 12.6. The molecule has 0 spiro atoms. The average Bonchev–Trinajstić information content (AvgIpc) is 3.42. The number of halogens is 3. The van der Waals surface area contributed by atoms with Crippen molar-refractivity contribution in [3.63, 3.8) is 0 Å². The summed E-state index contributed by atoms with van der Waals surface area (Å²) in [6.07, 6.45) is -1.97. The van der Waals surface area contributed by atoms with Crippen LogP contribution in [-0.4, -0.2) is 99.4 Å². The molecule has 0 bridgehead atoms. The molecular weight excluding hydrogens is 509 g/mol. The second kappa shape index (κ2) is 10.7. The summed E-state index contributed by atoms with van der Waals surface area (Å²) in [5.74, 6) is 1.46. The van der Waals surface area contributed by atoms with E-state index in [-0.39, 0.29) is 18.0 Å². The third kappa shape index (κ3) is 6.00. The minimum atomic E-state index is -4.60. The number of ether oxygens (including phenoxy) is 1. The molecule has 3 aliphatic heterocycles. The van der Waals surface area contributed by atoms with Crippen LogP contribution in [0.1, 0.15) is 18.4 Å². The molecule has 0 radical (unpaired) electrons. The zero-order chi connectivity index (χ0) is 26.0. The van der Waals surface area contributed by atoms with Crippen molar-refractivity contribution < 1.29 is 26.3 Å². The van der Waals surface area contributed by atoms with Crippen LogP contribution in [0.2, 0.25) is 0 Å². The highest BCUT2D eigenvalue weighted by Gasteiger charge is 2.34. The summed E-state index contributed by atoms with van der Waals surface area (Å²) in [4.78, 5) is 6.23. The Kier molecular flexibility index (Phi) is 7.57. The molecule has 0 saturated carbocycles. The molecule has 3 aliphatic rings. The summed E-state index contributed by atoms with van der Waals surface area (Å²) in [6, 6.07) is 7.69. The molecule has 1 unspecified atom stereocenters. The standard InChI is InChI=1S/C24H31F3N6O3S/c25-24(26,27)19-3-1-5-21(17-19)37(34,35)33-14-12-32(13-15-33)23-7-6-22(28-29-23)31-10-8-30(9-11-31)18-20-4-2-16-36-20/h1,3,5-7,17,20H,2,4,8-16,18H2. The first kappa shape index (κ1) is 26.1. The molecule has 0 amide bonds. The van der Waals surface area contributed by atoms with E-state index >= 15 is 0 Å². The maximum Gasteiger partial charge on any atom is 0.416 e. The predicted octanol–water partition coefficient (Wildman–Crippen LogP) is 2.31. The molecule has 202 valence electrons. The smallest absolute Gasteiger partial charge is 0.377 e. The Labute approximate surface area is 214 Å². The lowest BCUT2D eigenvalue weighted by atomic mass is 10.2. The van der Waals surface area contributed by atoms with E-state index in [0.29, 0.717) is 31.1 Å². The summed E-state index contributed by atoms with van der Waals surface area (Å²) in [5.41, 5.74) is -0.980. The van der Waals surface area contributed by atoms with Crippen LogP contribution in [0.15, 0.2) is 41.3 Å². The molecule has 3 fully saturated rings. The number of aromatic nitrogens is 2. The molecule has 1 atom stereocenters. The van der Waals surface area contributed by atoms with Crippen LogP contribution < -0.4 is 9.80 Å². The van der Waals surface area contributed by atoms with Crippen molar-refractivity contribution in [1.29, 1.82) is 0 Å². The van der Waals surface area contributed by atoms with E-state index in [1.54, 1.807) is 0 Å². The fourth-order valence-electron chi connectivity index (χ4n) is 5.03. The summed E-state index contributed by atoms with van der Waals surface area (Å²) in [6.45, 7) is 6.52. The van der Waals surface area contributed by atoms with Gasteiger partial charge in [-0.2, -0.15) is 17.5 Å². The van der Waals surface area contributed by atoms with E-state index in [9.17, 15) is 21.6 Å². The topological polar surface area (TPSA) is 82.1 Å². The normalized spacial score (nSPS) is 22.5. The number of alkyl halides is 3. The highest BCUT2D eigenvalue weighted by Crippen LogP contribution is 2.31. The molecule has 5 rings (SSSR count). The first-order chi connectivity index (χ1) is 17.7. The molecule has 3 saturated heterocycles. The Morgan fingerprint density at radius 1 is 0.892 bits per heavy atom. The Hall–Kier alpha value is -2.48. The Balaban J connectivity index is 1.14. The number of benzene rings is 1. The van der Waals surface area contributed by atoms with Crippen molar-refractivity contribution in [2.24, 2.45) is 0 Å². The van der Waals surface area contributed by atoms with Crippen molar-refractivity contribution in [1.82, 2.24) is 19.4 Å². The number of nitrogens with zero attached hydrogens (tertiary/aromatic N) is 6. The van der Waals surface area contributed by atoms with Gasteiger partial charge in [0.1, 0.15) is 0 Å². The summed E-state index contributed by atoms with van der Waals surface area (Å²) < 4.78 is 72.0. The molecule has 1 aromatic carbocycles. The zero-order valence-electron chi connectivity index (χ0n) is 20.5. The lowest BCUT2D eigenvalue weighted by molar-refractivity contribution is -0.137. The van der Waals surface area contributed by atoms with Gasteiger partial charge in [-0.1, -0.05) is 6.07 Å². The van der Waals surface area contributed by atoms with Gasteiger partial charge in [-0.05, 0) is 43.2 Å². The minimum absolute atomic E-state index is 0.147. The van der Waals surface area contributed by atoms with Gasteiger partial charge in [0.25, 0.3) is 0 Å². The number of sulfonamides is 1. The fourth-order valence-corrected chi connectivity index (χ4v) is 6.50. The van der Waals surface area contributed by atoms with E-state index in [1.165, 1.54) is 10.4 Å². The first-order valence-corrected chi connectivity index (χ1v) is 14.0. The minimum Gasteiger partial charge on any atom is -0.377 e. The third-order valence-electron chi connectivity index (χ3n) is 7.18. The van der Waals surface area contributed by atoms with Gasteiger partial charge in [0.15, 0.2) is 11.6 Å². The highest BCUT2D eigenvalue weighted by molar-refractivity contribution is 7.89. The van der Waals surface area contributed by atoms with E-state index < -0.39 is 21.8 Å². The quantitative estimate of drug-likeness (QED) is 0.552. The van der Waals surface area contributed by atoms with Gasteiger partial charge in [-0.25, -0.2) is 8.42 Å². The molecule has 13 heteroatoms. The second-order valence-electron chi connectivity index (χ2n) is 9.59. The number of hydrogen-bond donors (Lipinski definition) is 0. The number of rotatable bonds is 6. The van der Waals surface area contributed by atoms with Crippen LogP contribution in [0.4, 0.5) is 24.8 Å². The van der Waals surface area contributed by atoms with Crippen LogP contribution in [0.3, 0.4) is 0 Å². The van der Waals surface area contributed by atoms with Crippen molar-refractivity contribution in [3.05, 3.63) is 42.0 Å². The van der Waals surface area contributed by atoms with E-state index in [0.717, 1.165) is 70.1 Å². The Bertz CT molecular complexity index is 1160. The monoisotopic (exact) mass is 540 g/mol. The Morgan fingerprint density at radius 3 is 2.05 bits per heavy atom. The maximum absolute atomic E-state index is 13.0. The van der Waals surface area contributed by atoms with Gasteiger partial charge in [-0.15, -0.1) is 10.2 Å². The molecule has 9 nitrogen and oxygen atoms in total. The lowest BCUT2D eigenvalue weighted by Gasteiger charge is -2.36. The predicted molar refractivity (Wildman–Crippen MR) is 132 cm³/mol. The van der Waals surface area contributed by atoms with E-state index in [4.69, 9.17) is 4.74 Å². The maximum atomic E-state index is 13.0. The van der Waals surface area contributed by atoms with Crippen molar-refractivity contribution >= 4 is 21.7 Å². The van der Waals surface area contributed by atoms with Gasteiger partial charge in [0, 0.05) is 65.5 Å². The molecular formula is C24H31F3N6O3S. The van der Waals surface area contributed by atoms with Crippen molar-refractivity contribution in [2.75, 3.05) is 75.3 Å². The van der Waals surface area contributed by atoms with Gasteiger partial charge in [0.2, 0.25) is 10.0 Å². The van der Waals surface area contributed by atoms with Crippen molar-refractivity contribution in [3.8, 4) is 0 Å². The molecule has 0 N–H and O–H groups in total. The summed E-state index contributed by atoms with van der Waals surface area (Å²) in [5, 5.41) is 8.78. The molecule has 37 heavy (non-hydrogen) atoms. The largest absolute Gasteiger partial charge is 0.416 e. The molecule has 0 aliphatic carbocycles. The third-order valence-corrected chi connectivity index (χ3v) is 9.07. The van der Waals surface area contributed by atoms with Gasteiger partial charge >= 0.3 is 6.18 Å². The summed E-state index contributed by atoms with van der Waals surface area (Å²) >= 11 is 0. The van der Waals surface area contributed by atoms with Crippen LogP contribution >= 0.6 is 0 Å². The van der Waals surface area contributed by atoms with Crippen LogP contribution in [0.5, 0.6) is 0 Å². The lowest BCUT2D eigenvalue weighted by Crippen LogP contribution is -2.49. The summed E-state index contributed by atoms with van der Waals surface area (Å²) in [7, 11) is -4.03. The Morgan fingerprint density at radius 2 is 1.51 bits per heavy atom. The fraction of sp³-hybridized carbons (Fsp3) is 0.583. The number of piperazine rings is 2. The average molecular weight is 541 g/mol. The second-order valence-corrected chi connectivity index (χ2v) is 11.5. The zero-order valence-corrected chi connectivity index (χ0v) is 21.3. The van der Waals surface area contributed by atoms with E-state index in [1.807, 2.05) is 17.0 Å².